The third kappa shape index (κ3) is 3.39. The van der Waals surface area contributed by atoms with Crippen molar-refractivity contribution in [1.82, 2.24) is 5.32 Å². The largest absolute Gasteiger partial charge is 0.313 e. The molecule has 1 aliphatic rings. The average Bonchev–Trinajstić information content (AvgIpc) is 2.30. The van der Waals surface area contributed by atoms with Gasteiger partial charge in [0.25, 0.3) is 0 Å². The van der Waals surface area contributed by atoms with Crippen molar-refractivity contribution in [3.05, 3.63) is 0 Å². The molecule has 1 fully saturated rings. The first-order valence-corrected chi connectivity index (χ1v) is 6.93. The summed E-state index contributed by atoms with van der Waals surface area (Å²) >= 11 is 0. The molecular weight excluding hydrogens is 182 g/mol. The SMILES string of the molecule is CCNC1CCCCCC1S(C)=O. The van der Waals surface area contributed by atoms with Crippen molar-refractivity contribution in [3.8, 4) is 0 Å². The average molecular weight is 203 g/mol. The van der Waals surface area contributed by atoms with E-state index in [9.17, 15) is 4.21 Å². The zero-order chi connectivity index (χ0) is 9.68. The minimum absolute atomic E-state index is 0.391. The van der Waals surface area contributed by atoms with E-state index in [1.54, 1.807) is 0 Å². The van der Waals surface area contributed by atoms with Gasteiger partial charge in [0, 0.05) is 28.3 Å². The van der Waals surface area contributed by atoms with Crippen LogP contribution in [0.1, 0.15) is 39.0 Å². The molecule has 0 heterocycles. The van der Waals surface area contributed by atoms with Crippen molar-refractivity contribution in [2.24, 2.45) is 0 Å². The molecule has 0 aromatic heterocycles. The monoisotopic (exact) mass is 203 g/mol. The van der Waals surface area contributed by atoms with E-state index in [4.69, 9.17) is 0 Å². The van der Waals surface area contributed by atoms with E-state index in [1.807, 2.05) is 6.26 Å². The van der Waals surface area contributed by atoms with Crippen LogP contribution in [0.2, 0.25) is 0 Å². The van der Waals surface area contributed by atoms with E-state index in [2.05, 4.69) is 12.2 Å². The Morgan fingerprint density at radius 1 is 1.31 bits per heavy atom. The van der Waals surface area contributed by atoms with Crippen molar-refractivity contribution < 1.29 is 4.21 Å². The van der Waals surface area contributed by atoms with Gasteiger partial charge in [0.15, 0.2) is 0 Å². The van der Waals surface area contributed by atoms with Gasteiger partial charge in [-0.05, 0) is 19.4 Å². The second-order valence-corrected chi connectivity index (χ2v) is 5.44. The molecule has 0 amide bonds. The summed E-state index contributed by atoms with van der Waals surface area (Å²) in [5.41, 5.74) is 0. The molecule has 2 nitrogen and oxygen atoms in total. The number of hydrogen-bond acceptors (Lipinski definition) is 2. The van der Waals surface area contributed by atoms with Gasteiger partial charge in [-0.2, -0.15) is 0 Å². The number of nitrogens with one attached hydrogen (secondary N) is 1. The predicted molar refractivity (Wildman–Crippen MR) is 58.4 cm³/mol. The Labute approximate surface area is 83.9 Å². The molecule has 0 aromatic rings. The van der Waals surface area contributed by atoms with Gasteiger partial charge in [-0.1, -0.05) is 26.2 Å². The molecule has 1 rings (SSSR count). The zero-order valence-corrected chi connectivity index (χ0v) is 9.53. The standard InChI is InChI=1S/C10H21NOS/c1-3-11-9-7-5-4-6-8-10(9)13(2)12/h9-11H,3-8H2,1-2H3. The lowest BCUT2D eigenvalue weighted by atomic mass is 10.1. The molecule has 1 N–H and O–H groups in total. The van der Waals surface area contributed by atoms with Crippen LogP contribution in [0.3, 0.4) is 0 Å². The Morgan fingerprint density at radius 2 is 2.00 bits per heavy atom. The molecule has 78 valence electrons. The van der Waals surface area contributed by atoms with Crippen molar-refractivity contribution in [2.75, 3.05) is 12.8 Å². The minimum Gasteiger partial charge on any atom is -0.313 e. The first-order valence-electron chi connectivity index (χ1n) is 5.31. The lowest BCUT2D eigenvalue weighted by molar-refractivity contribution is 0.475. The summed E-state index contributed by atoms with van der Waals surface area (Å²) in [5.74, 6) is 0. The maximum absolute atomic E-state index is 11.5. The van der Waals surface area contributed by atoms with Gasteiger partial charge >= 0.3 is 0 Å². The highest BCUT2D eigenvalue weighted by Crippen LogP contribution is 2.21. The third-order valence-electron chi connectivity index (χ3n) is 2.85. The van der Waals surface area contributed by atoms with Gasteiger partial charge in [-0.3, -0.25) is 4.21 Å². The quantitative estimate of drug-likeness (QED) is 0.707. The Balaban J connectivity index is 2.55. The molecule has 1 saturated carbocycles. The maximum Gasteiger partial charge on any atom is 0.0498 e. The van der Waals surface area contributed by atoms with Crippen LogP contribution in [0.15, 0.2) is 0 Å². The lowest BCUT2D eigenvalue weighted by Crippen LogP contribution is -2.41. The van der Waals surface area contributed by atoms with Gasteiger partial charge in [-0.25, -0.2) is 0 Å². The van der Waals surface area contributed by atoms with E-state index in [0.29, 0.717) is 11.3 Å². The summed E-state index contributed by atoms with van der Waals surface area (Å²) in [6.45, 7) is 3.12. The summed E-state index contributed by atoms with van der Waals surface area (Å²) in [6, 6.07) is 0.498. The van der Waals surface area contributed by atoms with Crippen LogP contribution in [0, 0.1) is 0 Å². The fraction of sp³-hybridized carbons (Fsp3) is 1.00. The number of rotatable bonds is 3. The Kier molecular flexibility index (Phi) is 4.96. The minimum atomic E-state index is -0.657. The smallest absolute Gasteiger partial charge is 0.0498 e. The van der Waals surface area contributed by atoms with Crippen LogP contribution in [0.25, 0.3) is 0 Å². The summed E-state index contributed by atoms with van der Waals surface area (Å²) < 4.78 is 11.5. The third-order valence-corrected chi connectivity index (χ3v) is 4.26. The van der Waals surface area contributed by atoms with E-state index >= 15 is 0 Å². The van der Waals surface area contributed by atoms with Crippen molar-refractivity contribution in [2.45, 2.75) is 50.3 Å². The fourth-order valence-corrected chi connectivity index (χ4v) is 3.36. The molecular formula is C10H21NOS. The summed E-state index contributed by atoms with van der Waals surface area (Å²) in [6.07, 6.45) is 8.06. The van der Waals surface area contributed by atoms with E-state index in [-0.39, 0.29) is 0 Å². The maximum atomic E-state index is 11.5. The number of hydrogen-bond donors (Lipinski definition) is 1. The molecule has 3 atom stereocenters. The van der Waals surface area contributed by atoms with Gasteiger partial charge in [0.2, 0.25) is 0 Å². The Morgan fingerprint density at radius 3 is 2.62 bits per heavy atom. The second kappa shape index (κ2) is 5.76. The predicted octanol–water partition coefficient (Wildman–Crippen LogP) is 1.68. The molecule has 1 aliphatic carbocycles. The lowest BCUT2D eigenvalue weighted by Gasteiger charge is -2.23. The molecule has 0 saturated heterocycles. The van der Waals surface area contributed by atoms with Crippen molar-refractivity contribution in [3.63, 3.8) is 0 Å². The van der Waals surface area contributed by atoms with Gasteiger partial charge in [0.05, 0.1) is 0 Å². The molecule has 0 spiro atoms. The van der Waals surface area contributed by atoms with Gasteiger partial charge in [0.1, 0.15) is 0 Å². The molecule has 3 heteroatoms. The van der Waals surface area contributed by atoms with E-state index in [1.165, 1.54) is 25.7 Å². The zero-order valence-electron chi connectivity index (χ0n) is 8.71. The van der Waals surface area contributed by atoms with Crippen LogP contribution < -0.4 is 5.32 Å². The highest BCUT2D eigenvalue weighted by Gasteiger charge is 2.25. The highest BCUT2D eigenvalue weighted by molar-refractivity contribution is 7.85. The highest BCUT2D eigenvalue weighted by atomic mass is 32.2. The topological polar surface area (TPSA) is 29.1 Å². The van der Waals surface area contributed by atoms with Crippen molar-refractivity contribution >= 4 is 10.8 Å². The fourth-order valence-electron chi connectivity index (χ4n) is 2.17. The molecule has 0 bridgehead atoms. The van der Waals surface area contributed by atoms with E-state index < -0.39 is 10.8 Å². The van der Waals surface area contributed by atoms with Gasteiger partial charge < -0.3 is 5.32 Å². The molecule has 0 aliphatic heterocycles. The van der Waals surface area contributed by atoms with Crippen LogP contribution in [0.5, 0.6) is 0 Å². The van der Waals surface area contributed by atoms with Crippen molar-refractivity contribution in [1.29, 1.82) is 0 Å². The van der Waals surface area contributed by atoms with Crippen LogP contribution in [0.4, 0.5) is 0 Å². The van der Waals surface area contributed by atoms with Gasteiger partial charge in [-0.15, -0.1) is 0 Å². The summed E-state index contributed by atoms with van der Waals surface area (Å²) in [4.78, 5) is 0. The molecule has 0 radical (unpaired) electrons. The van der Waals surface area contributed by atoms with E-state index in [0.717, 1.165) is 13.0 Å². The first kappa shape index (κ1) is 11.2. The van der Waals surface area contributed by atoms with Crippen LogP contribution in [-0.2, 0) is 10.8 Å². The Hall–Kier alpha value is 0.110. The molecule has 13 heavy (non-hydrogen) atoms. The Bertz CT molecular complexity index is 172. The summed E-state index contributed by atoms with van der Waals surface area (Å²) in [7, 11) is -0.657. The first-order chi connectivity index (χ1) is 6.25. The van der Waals surface area contributed by atoms with Crippen LogP contribution >= 0.6 is 0 Å². The molecule has 3 unspecified atom stereocenters. The molecule has 0 aromatic carbocycles. The summed E-state index contributed by atoms with van der Waals surface area (Å²) in [5, 5.41) is 3.85. The van der Waals surface area contributed by atoms with Crippen LogP contribution in [-0.4, -0.2) is 28.3 Å². The normalized spacial score (nSPS) is 32.5. The second-order valence-electron chi connectivity index (χ2n) is 3.84.